The van der Waals surface area contributed by atoms with Crippen molar-refractivity contribution in [2.24, 2.45) is 0 Å². The van der Waals surface area contributed by atoms with Crippen LogP contribution in [0, 0.1) is 6.92 Å². The highest BCUT2D eigenvalue weighted by atomic mass is 19.1. The van der Waals surface area contributed by atoms with E-state index in [0.717, 1.165) is 41.0 Å². The maximum atomic E-state index is 13.5. The Balaban J connectivity index is 0.00000253. The van der Waals surface area contributed by atoms with Gasteiger partial charge < -0.3 is 10.1 Å². The van der Waals surface area contributed by atoms with Crippen molar-refractivity contribution in [1.29, 1.82) is 0 Å². The summed E-state index contributed by atoms with van der Waals surface area (Å²) in [6, 6.07) is 20.8. The van der Waals surface area contributed by atoms with E-state index in [2.05, 4.69) is 61.6 Å². The lowest BCUT2D eigenvalue weighted by molar-refractivity contribution is 0.0976. The van der Waals surface area contributed by atoms with Crippen LogP contribution in [-0.4, -0.2) is 18.1 Å². The molecule has 1 fully saturated rings. The first-order valence-electron chi connectivity index (χ1n) is 15.3. The Morgan fingerprint density at radius 3 is 2.37 bits per heavy atom. The van der Waals surface area contributed by atoms with Crippen molar-refractivity contribution in [2.75, 3.05) is 0 Å². The largest absolute Gasteiger partial charge is 0.490 e. The van der Waals surface area contributed by atoms with Gasteiger partial charge in [-0.15, -0.1) is 0 Å². The van der Waals surface area contributed by atoms with E-state index in [1.807, 2.05) is 37.4 Å². The lowest BCUT2D eigenvalue weighted by atomic mass is 9.93. The van der Waals surface area contributed by atoms with Crippen LogP contribution < -0.4 is 10.1 Å². The number of ether oxygens (including phenoxy) is 1. The van der Waals surface area contributed by atoms with E-state index < -0.39 is 6.17 Å². The van der Waals surface area contributed by atoms with E-state index in [9.17, 15) is 9.18 Å². The molecule has 0 aromatic heterocycles. The molecule has 230 valence electrons. The Kier molecular flexibility index (Phi) is 12.4. The van der Waals surface area contributed by atoms with Crippen LogP contribution in [0.5, 0.6) is 5.75 Å². The van der Waals surface area contributed by atoms with Crippen LogP contribution in [0.2, 0.25) is 0 Å². The van der Waals surface area contributed by atoms with Crippen molar-refractivity contribution in [3.8, 4) is 16.9 Å². The molecule has 0 unspecified atom stereocenters. The molecule has 0 amide bonds. The summed E-state index contributed by atoms with van der Waals surface area (Å²) in [6.07, 6.45) is 11.8. The van der Waals surface area contributed by atoms with Gasteiger partial charge in [-0.1, -0.05) is 82.8 Å². The summed E-state index contributed by atoms with van der Waals surface area (Å²) in [4.78, 5) is 12.5. The van der Waals surface area contributed by atoms with Gasteiger partial charge in [0.25, 0.3) is 0 Å². The van der Waals surface area contributed by atoms with Crippen LogP contribution in [0.3, 0.4) is 0 Å². The minimum atomic E-state index is -0.811. The molecule has 43 heavy (non-hydrogen) atoms. The molecule has 1 saturated carbocycles. The fraction of sp³-hybridized carbons (Fsp3) is 0.410. The molecule has 1 aliphatic carbocycles. The van der Waals surface area contributed by atoms with Crippen LogP contribution in [-0.2, 0) is 0 Å². The van der Waals surface area contributed by atoms with Crippen molar-refractivity contribution < 1.29 is 13.9 Å². The molecule has 1 aliphatic heterocycles. The molecule has 1 heterocycles. The number of Topliss-reactive ketones (excluding diaryl/α,β-unsaturated/α-hetero) is 1. The van der Waals surface area contributed by atoms with Crippen molar-refractivity contribution in [2.45, 2.75) is 106 Å². The number of carbonyl (C=O) groups is 1. The van der Waals surface area contributed by atoms with Gasteiger partial charge in [0.1, 0.15) is 5.75 Å². The summed E-state index contributed by atoms with van der Waals surface area (Å²) in [6.45, 7) is 6.12. The van der Waals surface area contributed by atoms with Crippen molar-refractivity contribution >= 4 is 23.1 Å². The van der Waals surface area contributed by atoms with Gasteiger partial charge in [0.05, 0.1) is 18.0 Å². The number of rotatable bonds is 12. The van der Waals surface area contributed by atoms with Gasteiger partial charge >= 0.3 is 0 Å². The SMILES string of the molecule is C.C.CC[C@@H](F)CCCC(=O)c1ccc(/C(C)=C/c2cccc(-c3ccc(OC4CCCCC4)c(C4=CN4)c3)c2C)cc1. The molecule has 0 saturated heterocycles. The number of allylic oxidation sites excluding steroid dienone is 1. The number of benzene rings is 3. The van der Waals surface area contributed by atoms with E-state index >= 15 is 0 Å². The number of ketones is 1. The predicted octanol–water partition coefficient (Wildman–Crippen LogP) is 11.2. The lowest BCUT2D eigenvalue weighted by Crippen LogP contribution is -2.20. The molecule has 4 heteroatoms. The van der Waals surface area contributed by atoms with Crippen LogP contribution >= 0.6 is 0 Å². The monoisotopic (exact) mass is 583 g/mol. The number of halogens is 1. The van der Waals surface area contributed by atoms with Crippen LogP contribution in [0.25, 0.3) is 28.5 Å². The second kappa shape index (κ2) is 15.7. The Hall–Kier alpha value is -3.66. The molecule has 1 atom stereocenters. The number of carbonyl (C=O) groups excluding carboxylic acids is 1. The number of hydrogen-bond acceptors (Lipinski definition) is 3. The number of hydrogen-bond donors (Lipinski definition) is 1. The van der Waals surface area contributed by atoms with E-state index in [4.69, 9.17) is 4.74 Å². The average Bonchev–Trinajstić information content (AvgIpc) is 3.84. The summed E-state index contributed by atoms with van der Waals surface area (Å²) in [5.74, 6) is 1.05. The minimum Gasteiger partial charge on any atom is -0.490 e. The third kappa shape index (κ3) is 8.69. The highest BCUT2D eigenvalue weighted by molar-refractivity contribution is 5.96. The minimum absolute atomic E-state index is 0. The highest BCUT2D eigenvalue weighted by Gasteiger charge is 2.21. The maximum absolute atomic E-state index is 13.5. The first-order chi connectivity index (χ1) is 19.9. The van der Waals surface area contributed by atoms with Crippen molar-refractivity contribution in [3.05, 3.63) is 94.7 Å². The molecular formula is C39H50FNO2. The van der Waals surface area contributed by atoms with Crippen molar-refractivity contribution in [3.63, 3.8) is 0 Å². The first-order valence-corrected chi connectivity index (χ1v) is 15.3. The second-order valence-corrected chi connectivity index (χ2v) is 11.5. The van der Waals surface area contributed by atoms with E-state index in [1.165, 1.54) is 41.5 Å². The van der Waals surface area contributed by atoms with Crippen molar-refractivity contribution in [1.82, 2.24) is 5.32 Å². The molecule has 3 aromatic rings. The summed E-state index contributed by atoms with van der Waals surface area (Å²) in [5.41, 5.74) is 9.96. The molecule has 0 spiro atoms. The zero-order valence-electron chi connectivity index (χ0n) is 24.6. The fourth-order valence-electron chi connectivity index (χ4n) is 5.76. The fourth-order valence-corrected chi connectivity index (χ4v) is 5.76. The zero-order valence-corrected chi connectivity index (χ0v) is 24.6. The highest BCUT2D eigenvalue weighted by Crippen LogP contribution is 2.37. The number of nitrogens with one attached hydrogen (secondary N) is 1. The maximum Gasteiger partial charge on any atom is 0.162 e. The third-order valence-corrected chi connectivity index (χ3v) is 8.49. The van der Waals surface area contributed by atoms with Gasteiger partial charge in [-0.2, -0.15) is 0 Å². The van der Waals surface area contributed by atoms with E-state index in [1.54, 1.807) is 0 Å². The Morgan fingerprint density at radius 2 is 1.70 bits per heavy atom. The van der Waals surface area contributed by atoms with E-state index in [-0.39, 0.29) is 20.6 Å². The van der Waals surface area contributed by atoms with Gasteiger partial charge in [0.15, 0.2) is 5.78 Å². The molecule has 2 aliphatic rings. The van der Waals surface area contributed by atoms with Gasteiger partial charge in [-0.3, -0.25) is 4.79 Å². The summed E-state index contributed by atoms with van der Waals surface area (Å²) in [7, 11) is 0. The molecule has 0 bridgehead atoms. The second-order valence-electron chi connectivity index (χ2n) is 11.5. The average molecular weight is 584 g/mol. The van der Waals surface area contributed by atoms with E-state index in [0.29, 0.717) is 37.4 Å². The normalized spacial score (nSPS) is 15.3. The summed E-state index contributed by atoms with van der Waals surface area (Å²) >= 11 is 0. The quantitative estimate of drug-likeness (QED) is 0.170. The topological polar surface area (TPSA) is 48.2 Å². The summed E-state index contributed by atoms with van der Waals surface area (Å²) in [5, 5.41) is 3.27. The predicted molar refractivity (Wildman–Crippen MR) is 182 cm³/mol. The Labute approximate surface area is 259 Å². The van der Waals surface area contributed by atoms with Gasteiger partial charge in [0, 0.05) is 23.7 Å². The molecule has 3 nitrogen and oxygen atoms in total. The number of alkyl halides is 1. The molecule has 5 rings (SSSR count). The van der Waals surface area contributed by atoms with Gasteiger partial charge in [-0.25, -0.2) is 4.39 Å². The van der Waals surface area contributed by atoms with Gasteiger partial charge in [0.2, 0.25) is 0 Å². The standard InChI is InChI=1S/C37H42FNO2.2CH4/c1-4-31(38)11-9-15-36(40)28-18-16-27(17-19-28)25(2)22-29-10-8-14-33(26(29)3)30-20-21-37(34(23-30)35-24-39-35)41-32-12-6-5-7-13-32;;/h8,10,14,16-24,31-32,39H,4-7,9,11-13,15H2,1-3H3;2*1H4/b25-22+;;/t31-;;/m1../s1. The first kappa shape index (κ1) is 33.8. The zero-order chi connectivity index (χ0) is 28.8. The Morgan fingerprint density at radius 1 is 1.00 bits per heavy atom. The Bertz CT molecular complexity index is 1430. The van der Waals surface area contributed by atoms with Crippen LogP contribution in [0.15, 0.2) is 66.9 Å². The van der Waals surface area contributed by atoms with Crippen LogP contribution in [0.4, 0.5) is 4.39 Å². The third-order valence-electron chi connectivity index (χ3n) is 8.49. The smallest absolute Gasteiger partial charge is 0.162 e. The van der Waals surface area contributed by atoms with Crippen LogP contribution in [0.1, 0.15) is 119 Å². The molecule has 1 N–H and O–H groups in total. The lowest BCUT2D eigenvalue weighted by Gasteiger charge is -2.24. The summed E-state index contributed by atoms with van der Waals surface area (Å²) < 4.78 is 19.9. The molecule has 0 radical (unpaired) electrons. The molecule has 3 aromatic carbocycles. The molecular weight excluding hydrogens is 533 g/mol. The van der Waals surface area contributed by atoms with Gasteiger partial charge in [-0.05, 0) is 104 Å².